The van der Waals surface area contributed by atoms with E-state index in [-0.39, 0.29) is 51.0 Å². The van der Waals surface area contributed by atoms with E-state index >= 15 is 0 Å². The van der Waals surface area contributed by atoms with Crippen molar-refractivity contribution in [1.82, 2.24) is 42.2 Å². The molecule has 5 aromatic rings. The number of carbonyl (C=O) groups is 7. The predicted molar refractivity (Wildman–Crippen MR) is 281 cm³/mol. The third-order valence-electron chi connectivity index (χ3n) is 13.1. The molecule has 394 valence electrons. The summed E-state index contributed by atoms with van der Waals surface area (Å²) < 4.78 is 5.50. The van der Waals surface area contributed by atoms with Gasteiger partial charge in [0.1, 0.15) is 42.0 Å². The number of fused-ring (bicyclic) bond motifs is 1. The Bertz CT molecular complexity index is 2630. The van der Waals surface area contributed by atoms with Gasteiger partial charge in [-0.2, -0.15) is 0 Å². The topological polar surface area (TPSA) is 275 Å². The van der Waals surface area contributed by atoms with E-state index in [4.69, 9.17) is 10.5 Å². The Hall–Kier alpha value is -7.57. The van der Waals surface area contributed by atoms with Crippen molar-refractivity contribution in [2.24, 2.45) is 5.73 Å². The lowest BCUT2D eigenvalue weighted by atomic mass is 10.00. The number of benzene rings is 4. The molecule has 1 fully saturated rings. The summed E-state index contributed by atoms with van der Waals surface area (Å²) in [4.78, 5) is 103. The molecule has 1 saturated heterocycles. The van der Waals surface area contributed by atoms with Crippen molar-refractivity contribution in [3.63, 3.8) is 0 Å². The van der Waals surface area contributed by atoms with E-state index in [0.717, 1.165) is 16.6 Å². The molecule has 0 spiro atoms. The summed E-state index contributed by atoms with van der Waals surface area (Å²) in [7, 11) is 1.53. The number of hydrogen-bond donors (Lipinski definition) is 10. The predicted octanol–water partition coefficient (Wildman–Crippen LogP) is 2.95. The fourth-order valence-electron chi connectivity index (χ4n) is 8.92. The van der Waals surface area contributed by atoms with E-state index in [0.29, 0.717) is 67.3 Å². The Morgan fingerprint density at radius 3 is 1.62 bits per heavy atom. The summed E-state index contributed by atoms with van der Waals surface area (Å²) >= 11 is 0. The summed E-state index contributed by atoms with van der Waals surface area (Å²) in [6, 6.07) is 25.1. The molecule has 74 heavy (non-hydrogen) atoms. The first-order valence-corrected chi connectivity index (χ1v) is 25.5. The van der Waals surface area contributed by atoms with Crippen LogP contribution in [0.2, 0.25) is 0 Å². The minimum Gasteiger partial charge on any atom is -0.497 e. The number of H-pyrrole nitrogens is 1. The number of hydrogen-bond acceptors (Lipinski definition) is 10. The van der Waals surface area contributed by atoms with Gasteiger partial charge in [-0.3, -0.25) is 33.6 Å². The van der Waals surface area contributed by atoms with Crippen LogP contribution in [0.1, 0.15) is 80.5 Å². The minimum absolute atomic E-state index is 0.0165. The van der Waals surface area contributed by atoms with E-state index in [1.807, 2.05) is 84.9 Å². The van der Waals surface area contributed by atoms with Crippen LogP contribution in [0, 0.1) is 0 Å². The van der Waals surface area contributed by atoms with Crippen molar-refractivity contribution >= 4 is 52.3 Å². The summed E-state index contributed by atoms with van der Waals surface area (Å²) in [5.41, 5.74) is 9.45. The molecule has 1 aliphatic heterocycles. The molecule has 2 heterocycles. The SMILES string of the molecule is COc1ccc2[nH]cc(C[C@@H]3NC(=O)[C@H](Cc4ccccc4)NC(=O)[C@H](Cc4ccccc4)NC(=O)CCCCCCNC(=O)[C@H](Cc4ccccc4)NC(=O)[C@H]([C@@H](C)O)NC(=O)[C@H](CCCCN)NC3=O)c2c1. The zero-order valence-electron chi connectivity index (χ0n) is 42.2. The Morgan fingerprint density at radius 2 is 1.07 bits per heavy atom. The summed E-state index contributed by atoms with van der Waals surface area (Å²) in [5.74, 6) is -3.99. The first-order valence-electron chi connectivity index (χ1n) is 25.5. The van der Waals surface area contributed by atoms with Crippen molar-refractivity contribution in [2.75, 3.05) is 20.2 Å². The van der Waals surface area contributed by atoms with Gasteiger partial charge in [0.05, 0.1) is 13.2 Å². The molecule has 7 amide bonds. The summed E-state index contributed by atoms with van der Waals surface area (Å²) in [5, 5.41) is 31.5. The van der Waals surface area contributed by atoms with E-state index in [1.54, 1.807) is 30.5 Å². The second-order valence-electron chi connectivity index (χ2n) is 18.8. The first kappa shape index (κ1) is 55.7. The van der Waals surface area contributed by atoms with E-state index in [9.17, 15) is 38.7 Å². The standard InChI is InChI=1S/C56H71N9O9/c1-36(66)50-56(73)64-45(30-37-18-8-5-9-19-37)51(68)58-29-17-4-3-14-25-49(67)60-46(31-38-20-10-6-11-21-38)53(70)62-47(32-39-22-12-7-13-23-39)54(71)63-48(55(72)61-44(52(69)65-50)24-15-16-28-57)33-40-35-59-43-27-26-41(74-2)34-42(40)43/h5-13,18-23,26-27,34-36,44-48,50,59,66H,3-4,14-17,24-25,28-33,57H2,1-2H3,(H,58,68)(H,60,67)(H,61,72)(H,62,70)(H,63,71)(H,64,73)(H,65,69)/t36-,44+,45+,46+,47+,48+,50+/m1/s1. The lowest BCUT2D eigenvalue weighted by molar-refractivity contribution is -0.136. The van der Waals surface area contributed by atoms with Crippen LogP contribution in [0.3, 0.4) is 0 Å². The number of rotatable bonds is 14. The van der Waals surface area contributed by atoms with Crippen LogP contribution < -0.4 is 47.7 Å². The zero-order chi connectivity index (χ0) is 52.8. The fourth-order valence-corrected chi connectivity index (χ4v) is 8.92. The second-order valence-corrected chi connectivity index (χ2v) is 18.8. The Balaban J connectivity index is 1.37. The Kier molecular flexibility index (Phi) is 21.6. The number of ether oxygens (including phenoxy) is 1. The van der Waals surface area contributed by atoms with E-state index < -0.39 is 77.8 Å². The molecule has 7 atom stereocenters. The van der Waals surface area contributed by atoms with Crippen LogP contribution in [0.4, 0.5) is 0 Å². The molecule has 0 radical (unpaired) electrons. The maximum atomic E-state index is 14.9. The van der Waals surface area contributed by atoms with Crippen molar-refractivity contribution in [2.45, 2.75) is 126 Å². The third-order valence-corrected chi connectivity index (χ3v) is 13.1. The van der Waals surface area contributed by atoms with E-state index in [2.05, 4.69) is 42.2 Å². The molecule has 0 bridgehead atoms. The third kappa shape index (κ3) is 17.0. The van der Waals surface area contributed by atoms with Gasteiger partial charge < -0.3 is 57.8 Å². The van der Waals surface area contributed by atoms with Crippen LogP contribution in [-0.4, -0.2) is 114 Å². The van der Waals surface area contributed by atoms with Gasteiger partial charge in [-0.25, -0.2) is 0 Å². The van der Waals surface area contributed by atoms with E-state index in [1.165, 1.54) is 14.0 Å². The normalized spacial score (nSPS) is 22.0. The average Bonchev–Trinajstić information content (AvgIpc) is 3.80. The van der Waals surface area contributed by atoms with Crippen LogP contribution in [0.25, 0.3) is 10.9 Å². The zero-order valence-corrected chi connectivity index (χ0v) is 42.2. The first-order chi connectivity index (χ1) is 35.8. The number of aromatic nitrogens is 1. The van der Waals surface area contributed by atoms with Gasteiger partial charge >= 0.3 is 0 Å². The highest BCUT2D eigenvalue weighted by atomic mass is 16.5. The number of aliphatic hydroxyl groups excluding tert-OH is 1. The molecule has 4 aromatic carbocycles. The van der Waals surface area contributed by atoms with Crippen molar-refractivity contribution < 1.29 is 43.4 Å². The quantitative estimate of drug-likeness (QED) is 0.0727. The molecule has 18 nitrogen and oxygen atoms in total. The number of nitrogens with two attached hydrogens (primary N) is 1. The maximum Gasteiger partial charge on any atom is 0.245 e. The van der Waals surface area contributed by atoms with Crippen LogP contribution in [0.5, 0.6) is 5.75 Å². The highest BCUT2D eigenvalue weighted by molar-refractivity contribution is 5.98. The van der Waals surface area contributed by atoms with Gasteiger partial charge in [-0.05, 0) is 86.0 Å². The molecule has 0 aliphatic carbocycles. The molecule has 1 aliphatic rings. The molecular formula is C56H71N9O9. The number of unbranched alkanes of at least 4 members (excludes halogenated alkanes) is 1. The van der Waals surface area contributed by atoms with Crippen molar-refractivity contribution in [1.29, 1.82) is 0 Å². The molecular weight excluding hydrogens is 943 g/mol. The van der Waals surface area contributed by atoms with Crippen LogP contribution in [0.15, 0.2) is 115 Å². The second kappa shape index (κ2) is 28.6. The number of nitrogens with one attached hydrogen (secondary N) is 8. The van der Waals surface area contributed by atoms with Crippen LogP contribution in [-0.2, 0) is 59.2 Å². The van der Waals surface area contributed by atoms with Gasteiger partial charge in [0.2, 0.25) is 41.4 Å². The fraction of sp³-hybridized carbons (Fsp3) is 0.411. The largest absolute Gasteiger partial charge is 0.497 e. The van der Waals surface area contributed by atoms with Gasteiger partial charge in [0, 0.05) is 55.7 Å². The maximum absolute atomic E-state index is 14.9. The highest BCUT2D eigenvalue weighted by Gasteiger charge is 2.35. The number of aliphatic hydroxyl groups is 1. The van der Waals surface area contributed by atoms with Crippen LogP contribution >= 0.6 is 0 Å². The summed E-state index contributed by atoms with van der Waals surface area (Å²) in [6.07, 6.45) is 3.86. The molecule has 1 aromatic heterocycles. The van der Waals surface area contributed by atoms with Gasteiger partial charge in [0.15, 0.2) is 0 Å². The average molecular weight is 1010 g/mol. The molecule has 0 unspecified atom stereocenters. The van der Waals surface area contributed by atoms with Crippen molar-refractivity contribution in [3.8, 4) is 5.75 Å². The van der Waals surface area contributed by atoms with Crippen molar-refractivity contribution in [3.05, 3.63) is 138 Å². The number of methoxy groups -OCH3 is 1. The lowest BCUT2D eigenvalue weighted by Crippen LogP contribution is -2.61. The smallest absolute Gasteiger partial charge is 0.245 e. The van der Waals surface area contributed by atoms with Gasteiger partial charge in [-0.15, -0.1) is 0 Å². The monoisotopic (exact) mass is 1010 g/mol. The number of amides is 7. The number of carbonyl (C=O) groups excluding carboxylic acids is 7. The summed E-state index contributed by atoms with van der Waals surface area (Å²) in [6.45, 7) is 1.90. The Morgan fingerprint density at radius 1 is 0.568 bits per heavy atom. The van der Waals surface area contributed by atoms with Gasteiger partial charge in [0.25, 0.3) is 0 Å². The molecule has 18 heteroatoms. The minimum atomic E-state index is -1.55. The Labute approximate surface area is 432 Å². The highest BCUT2D eigenvalue weighted by Crippen LogP contribution is 2.25. The van der Waals surface area contributed by atoms with Gasteiger partial charge in [-0.1, -0.05) is 104 Å². The molecule has 11 N–H and O–H groups in total. The lowest BCUT2D eigenvalue weighted by Gasteiger charge is -2.28. The number of aromatic amines is 1. The molecule has 6 rings (SSSR count). The molecule has 0 saturated carbocycles.